The van der Waals surface area contributed by atoms with E-state index in [2.05, 4.69) is 9.97 Å². The van der Waals surface area contributed by atoms with E-state index in [1.807, 2.05) is 13.8 Å². The zero-order valence-electron chi connectivity index (χ0n) is 21.0. The molecule has 0 saturated carbocycles. The van der Waals surface area contributed by atoms with Crippen molar-refractivity contribution >= 4 is 22.0 Å². The second kappa shape index (κ2) is 12.2. The van der Waals surface area contributed by atoms with Crippen LogP contribution in [0.1, 0.15) is 43.9 Å². The average Bonchev–Trinajstić information content (AvgIpc) is 2.82. The summed E-state index contributed by atoms with van der Waals surface area (Å²) >= 11 is 0. The maximum Gasteiger partial charge on any atom is 0.239 e. The number of hydrogen-bond donors (Lipinski definition) is 2. The molecule has 0 bridgehead atoms. The highest BCUT2D eigenvalue weighted by Crippen LogP contribution is 2.31. The van der Waals surface area contributed by atoms with Crippen LogP contribution in [0.25, 0.3) is 17.3 Å². The number of rotatable bonds is 10. The predicted octanol–water partition coefficient (Wildman–Crippen LogP) is 2.73. The summed E-state index contributed by atoms with van der Waals surface area (Å²) in [4.78, 5) is 9.01. The van der Waals surface area contributed by atoms with E-state index in [1.165, 1.54) is 19.2 Å². The SMILES string of the molecule is CC(C)c1nc(N(C)S(C)(=O)=O)nc(-c2ccc(F)cc2)c1/C=C/[C@@H](O)C[C@@H](O)CC1COCCO1. The van der Waals surface area contributed by atoms with Crippen molar-refractivity contribution in [2.24, 2.45) is 0 Å². The van der Waals surface area contributed by atoms with E-state index >= 15 is 0 Å². The van der Waals surface area contributed by atoms with Gasteiger partial charge in [-0.25, -0.2) is 27.1 Å². The van der Waals surface area contributed by atoms with Crippen molar-refractivity contribution in [1.29, 1.82) is 0 Å². The fourth-order valence-corrected chi connectivity index (χ4v) is 4.21. The molecule has 36 heavy (non-hydrogen) atoms. The van der Waals surface area contributed by atoms with Crippen LogP contribution in [0.15, 0.2) is 30.3 Å². The molecule has 2 N–H and O–H groups in total. The molecule has 1 fully saturated rings. The van der Waals surface area contributed by atoms with Crippen LogP contribution in [0.3, 0.4) is 0 Å². The number of aliphatic hydroxyl groups excluding tert-OH is 2. The van der Waals surface area contributed by atoms with Crippen LogP contribution >= 0.6 is 0 Å². The fourth-order valence-electron chi connectivity index (χ4n) is 3.83. The Kier molecular flexibility index (Phi) is 9.53. The predicted molar refractivity (Wildman–Crippen MR) is 136 cm³/mol. The van der Waals surface area contributed by atoms with Crippen molar-refractivity contribution in [1.82, 2.24) is 9.97 Å². The van der Waals surface area contributed by atoms with E-state index in [0.717, 1.165) is 10.6 Å². The minimum Gasteiger partial charge on any atom is -0.393 e. The van der Waals surface area contributed by atoms with Gasteiger partial charge in [0.2, 0.25) is 16.0 Å². The molecule has 0 aliphatic carbocycles. The zero-order chi connectivity index (χ0) is 26.5. The number of anilines is 1. The molecule has 1 unspecified atom stereocenters. The molecule has 9 nitrogen and oxygen atoms in total. The second-order valence-corrected chi connectivity index (χ2v) is 11.2. The van der Waals surface area contributed by atoms with Crippen LogP contribution in [-0.4, -0.2) is 80.0 Å². The highest BCUT2D eigenvalue weighted by molar-refractivity contribution is 7.92. The van der Waals surface area contributed by atoms with Gasteiger partial charge in [0.15, 0.2) is 0 Å². The summed E-state index contributed by atoms with van der Waals surface area (Å²) in [5.74, 6) is -0.549. The van der Waals surface area contributed by atoms with Crippen molar-refractivity contribution in [3.63, 3.8) is 0 Å². The highest BCUT2D eigenvalue weighted by Gasteiger charge is 2.23. The van der Waals surface area contributed by atoms with Crippen LogP contribution < -0.4 is 4.31 Å². The van der Waals surface area contributed by atoms with Gasteiger partial charge in [-0.05, 0) is 30.2 Å². The van der Waals surface area contributed by atoms with Crippen molar-refractivity contribution in [2.75, 3.05) is 37.4 Å². The van der Waals surface area contributed by atoms with E-state index in [1.54, 1.807) is 24.3 Å². The van der Waals surface area contributed by atoms with E-state index in [4.69, 9.17) is 9.47 Å². The smallest absolute Gasteiger partial charge is 0.239 e. The van der Waals surface area contributed by atoms with Crippen molar-refractivity contribution in [3.05, 3.63) is 47.4 Å². The lowest BCUT2D eigenvalue weighted by Gasteiger charge is -2.25. The molecule has 1 aromatic carbocycles. The number of aromatic nitrogens is 2. The van der Waals surface area contributed by atoms with Crippen LogP contribution in [0.4, 0.5) is 10.3 Å². The quantitative estimate of drug-likeness (QED) is 0.488. The van der Waals surface area contributed by atoms with Gasteiger partial charge in [0, 0.05) is 31.0 Å². The third kappa shape index (κ3) is 7.53. The maximum absolute atomic E-state index is 13.6. The molecule has 1 aliphatic rings. The molecular weight excluding hydrogens is 489 g/mol. The minimum atomic E-state index is -3.63. The van der Waals surface area contributed by atoms with Gasteiger partial charge in [0.25, 0.3) is 0 Å². The third-order valence-electron chi connectivity index (χ3n) is 5.83. The largest absolute Gasteiger partial charge is 0.393 e. The van der Waals surface area contributed by atoms with E-state index < -0.39 is 28.0 Å². The first-order chi connectivity index (χ1) is 17.0. The van der Waals surface area contributed by atoms with E-state index in [-0.39, 0.29) is 24.4 Å². The Labute approximate surface area is 211 Å². The zero-order valence-corrected chi connectivity index (χ0v) is 21.8. The van der Waals surface area contributed by atoms with Crippen molar-refractivity contribution in [2.45, 2.75) is 50.9 Å². The molecule has 2 aromatic rings. The monoisotopic (exact) mass is 523 g/mol. The molecule has 0 spiro atoms. The fraction of sp³-hybridized carbons (Fsp3) is 0.520. The van der Waals surface area contributed by atoms with E-state index in [0.29, 0.717) is 48.8 Å². The summed E-state index contributed by atoms with van der Waals surface area (Å²) in [6.07, 6.45) is 2.73. The van der Waals surface area contributed by atoms with Gasteiger partial charge in [0.05, 0.1) is 55.8 Å². The number of halogens is 1. The van der Waals surface area contributed by atoms with Gasteiger partial charge in [-0.2, -0.15) is 0 Å². The van der Waals surface area contributed by atoms with Crippen LogP contribution in [0.2, 0.25) is 0 Å². The highest BCUT2D eigenvalue weighted by atomic mass is 32.2. The molecule has 1 saturated heterocycles. The number of ether oxygens (including phenoxy) is 2. The summed E-state index contributed by atoms with van der Waals surface area (Å²) in [7, 11) is -2.26. The lowest BCUT2D eigenvalue weighted by atomic mass is 9.97. The molecule has 2 heterocycles. The number of benzene rings is 1. The Morgan fingerprint density at radius 1 is 1.19 bits per heavy atom. The standard InChI is InChI=1S/C25H34FN3O6S/c1-16(2)23-22(10-9-19(30)13-20(31)14-21-15-34-11-12-35-21)24(17-5-7-18(26)8-6-17)28-25(27-23)29(3)36(4,32)33/h5-10,16,19-21,30-31H,11-15H2,1-4H3/b10-9+/t19-,20-,21?/m1/s1. The summed E-state index contributed by atoms with van der Waals surface area (Å²) in [6.45, 7) is 5.24. The molecule has 3 atom stereocenters. The Bertz CT molecular complexity index is 1150. The second-order valence-electron chi connectivity index (χ2n) is 9.18. The van der Waals surface area contributed by atoms with E-state index in [9.17, 15) is 23.0 Å². The summed E-state index contributed by atoms with van der Waals surface area (Å²) in [6, 6.07) is 5.69. The number of nitrogens with zero attached hydrogens (tertiary/aromatic N) is 3. The average molecular weight is 524 g/mol. The first-order valence-electron chi connectivity index (χ1n) is 11.8. The van der Waals surface area contributed by atoms with Gasteiger partial charge in [0.1, 0.15) is 5.82 Å². The number of aliphatic hydroxyl groups is 2. The Hall–Kier alpha value is -2.44. The van der Waals surface area contributed by atoms with Gasteiger partial charge < -0.3 is 19.7 Å². The van der Waals surface area contributed by atoms with Gasteiger partial charge in [-0.15, -0.1) is 0 Å². The summed E-state index contributed by atoms with van der Waals surface area (Å²) < 4.78 is 49.8. The molecule has 11 heteroatoms. The first kappa shape index (κ1) is 28.1. The maximum atomic E-state index is 13.6. The third-order valence-corrected chi connectivity index (χ3v) is 6.98. The van der Waals surface area contributed by atoms with Gasteiger partial charge in [-0.3, -0.25) is 0 Å². The molecule has 1 aliphatic heterocycles. The normalized spacial score (nSPS) is 18.5. The van der Waals surface area contributed by atoms with Crippen molar-refractivity contribution in [3.8, 4) is 11.3 Å². The Morgan fingerprint density at radius 2 is 1.89 bits per heavy atom. The molecule has 3 rings (SSSR count). The molecule has 198 valence electrons. The van der Waals surface area contributed by atoms with Gasteiger partial charge in [-0.1, -0.05) is 26.0 Å². The Morgan fingerprint density at radius 3 is 2.47 bits per heavy atom. The lowest BCUT2D eigenvalue weighted by Crippen LogP contribution is -2.32. The van der Waals surface area contributed by atoms with Crippen LogP contribution in [0.5, 0.6) is 0 Å². The molecule has 0 radical (unpaired) electrons. The summed E-state index contributed by atoms with van der Waals surface area (Å²) in [5.41, 5.74) is 2.09. The number of sulfonamides is 1. The summed E-state index contributed by atoms with van der Waals surface area (Å²) in [5, 5.41) is 21.0. The molecule has 1 aromatic heterocycles. The number of hydrogen-bond acceptors (Lipinski definition) is 8. The van der Waals surface area contributed by atoms with Crippen LogP contribution in [-0.2, 0) is 19.5 Å². The topological polar surface area (TPSA) is 122 Å². The van der Waals surface area contributed by atoms with Crippen molar-refractivity contribution < 1.29 is 32.5 Å². The first-order valence-corrected chi connectivity index (χ1v) is 13.7. The van der Waals surface area contributed by atoms with Crippen LogP contribution in [0, 0.1) is 5.82 Å². The van der Waals surface area contributed by atoms with Gasteiger partial charge >= 0.3 is 0 Å². The minimum absolute atomic E-state index is 0.0108. The Balaban J connectivity index is 1.95. The lowest BCUT2D eigenvalue weighted by molar-refractivity contribution is -0.104. The molecular formula is C25H34FN3O6S. The molecule has 0 amide bonds.